The fourth-order valence-corrected chi connectivity index (χ4v) is 3.12. The number of nitrogens with one attached hydrogen (secondary N) is 2. The highest BCUT2D eigenvalue weighted by Gasteiger charge is 2.18. The Morgan fingerprint density at radius 1 is 0.778 bits per heavy atom. The molecule has 3 aromatic rings. The third kappa shape index (κ3) is 5.66. The van der Waals surface area contributed by atoms with Crippen molar-refractivity contribution >= 4 is 29.2 Å². The van der Waals surface area contributed by atoms with Gasteiger partial charge in [-0.3, -0.25) is 9.59 Å². The van der Waals surface area contributed by atoms with Crippen LogP contribution in [0.1, 0.15) is 16.7 Å². The van der Waals surface area contributed by atoms with E-state index in [1.54, 1.807) is 6.08 Å². The van der Waals surface area contributed by atoms with E-state index in [1.807, 2.05) is 77.5 Å². The lowest BCUT2D eigenvalue weighted by atomic mass is 10.1. The zero-order valence-corrected chi connectivity index (χ0v) is 15.5. The summed E-state index contributed by atoms with van der Waals surface area (Å²) in [4.78, 5) is 25.3. The predicted octanol–water partition coefficient (Wildman–Crippen LogP) is 3.76. The second-order valence-corrected chi connectivity index (χ2v) is 6.73. The summed E-state index contributed by atoms with van der Waals surface area (Å²) in [7, 11) is 0. The van der Waals surface area contributed by atoms with E-state index in [0.717, 1.165) is 16.7 Å². The normalized spacial score (nSPS) is 10.1. The minimum atomic E-state index is -0.393. The Bertz CT molecular complexity index is 847. The molecule has 0 bridgehead atoms. The van der Waals surface area contributed by atoms with E-state index in [0.29, 0.717) is 13.1 Å². The first kappa shape index (κ1) is 18.6. The molecular formula is C22H20N2O2S. The van der Waals surface area contributed by atoms with Crippen molar-refractivity contribution in [1.82, 2.24) is 10.6 Å². The van der Waals surface area contributed by atoms with Gasteiger partial charge in [-0.15, -0.1) is 0 Å². The second kappa shape index (κ2) is 9.50. The van der Waals surface area contributed by atoms with Crippen LogP contribution in [-0.2, 0) is 22.7 Å². The smallest absolute Gasteiger partial charge is 0.257 e. The van der Waals surface area contributed by atoms with E-state index < -0.39 is 11.8 Å². The van der Waals surface area contributed by atoms with Crippen LogP contribution in [0, 0.1) is 0 Å². The van der Waals surface area contributed by atoms with Crippen molar-refractivity contribution in [2.75, 3.05) is 0 Å². The molecule has 4 nitrogen and oxygen atoms in total. The van der Waals surface area contributed by atoms with E-state index in [4.69, 9.17) is 0 Å². The summed E-state index contributed by atoms with van der Waals surface area (Å²) in [6, 6.07) is 21.1. The number of hydrogen-bond acceptors (Lipinski definition) is 3. The zero-order valence-electron chi connectivity index (χ0n) is 14.7. The van der Waals surface area contributed by atoms with Gasteiger partial charge in [0, 0.05) is 13.1 Å². The van der Waals surface area contributed by atoms with Crippen molar-refractivity contribution in [3.8, 4) is 0 Å². The van der Waals surface area contributed by atoms with Gasteiger partial charge in [-0.1, -0.05) is 60.7 Å². The molecule has 136 valence electrons. The number of thiophene rings is 1. The molecule has 0 saturated carbocycles. The summed E-state index contributed by atoms with van der Waals surface area (Å²) in [5.41, 5.74) is 2.89. The van der Waals surface area contributed by atoms with Crippen molar-refractivity contribution in [3.63, 3.8) is 0 Å². The average Bonchev–Trinajstić information content (AvgIpc) is 3.23. The standard InChI is InChI=1S/C22H20N2O2S/c25-21(23-14-17-7-3-1-4-8-17)20(13-19-11-12-27-16-19)22(26)24-15-18-9-5-2-6-10-18/h1-13,16H,14-15H2,(H,23,25)(H,24,26). The minimum absolute atomic E-state index is 0.0975. The SMILES string of the molecule is O=C(NCc1ccccc1)C(=Cc1ccsc1)C(=O)NCc1ccccc1. The summed E-state index contributed by atoms with van der Waals surface area (Å²) in [5, 5.41) is 9.46. The number of carbonyl (C=O) groups excluding carboxylic acids is 2. The summed E-state index contributed by atoms with van der Waals surface area (Å²) in [5.74, 6) is -0.786. The van der Waals surface area contributed by atoms with Gasteiger partial charge < -0.3 is 10.6 Å². The summed E-state index contributed by atoms with van der Waals surface area (Å²) in [6.45, 7) is 0.735. The first-order valence-corrected chi connectivity index (χ1v) is 9.55. The number of rotatable bonds is 7. The first-order chi connectivity index (χ1) is 13.2. The fourth-order valence-electron chi connectivity index (χ4n) is 2.50. The molecule has 0 spiro atoms. The Labute approximate surface area is 162 Å². The third-order valence-electron chi connectivity index (χ3n) is 3.94. The Morgan fingerprint density at radius 2 is 1.30 bits per heavy atom. The van der Waals surface area contributed by atoms with Crippen molar-refractivity contribution in [2.45, 2.75) is 13.1 Å². The van der Waals surface area contributed by atoms with Crippen molar-refractivity contribution in [3.05, 3.63) is 99.8 Å². The van der Waals surface area contributed by atoms with Crippen molar-refractivity contribution in [2.24, 2.45) is 0 Å². The van der Waals surface area contributed by atoms with Gasteiger partial charge in [0.05, 0.1) is 0 Å². The Kier molecular flexibility index (Phi) is 6.55. The molecule has 2 amide bonds. The molecule has 27 heavy (non-hydrogen) atoms. The molecule has 1 heterocycles. The minimum Gasteiger partial charge on any atom is -0.348 e. The van der Waals surface area contributed by atoms with Crippen LogP contribution < -0.4 is 10.6 Å². The maximum atomic E-state index is 12.7. The molecule has 0 unspecified atom stereocenters. The first-order valence-electron chi connectivity index (χ1n) is 8.60. The van der Waals surface area contributed by atoms with Crippen molar-refractivity contribution in [1.29, 1.82) is 0 Å². The van der Waals surface area contributed by atoms with Gasteiger partial charge in [0.2, 0.25) is 0 Å². The molecule has 0 saturated heterocycles. The number of hydrogen-bond donors (Lipinski definition) is 2. The quantitative estimate of drug-likeness (QED) is 0.375. The molecule has 0 atom stereocenters. The monoisotopic (exact) mass is 376 g/mol. The van der Waals surface area contributed by atoms with E-state index in [1.165, 1.54) is 11.3 Å². The highest BCUT2D eigenvalue weighted by atomic mass is 32.1. The van der Waals surface area contributed by atoms with E-state index in [-0.39, 0.29) is 5.57 Å². The van der Waals surface area contributed by atoms with Crippen LogP contribution in [0.25, 0.3) is 6.08 Å². The lowest BCUT2D eigenvalue weighted by molar-refractivity contribution is -0.123. The maximum absolute atomic E-state index is 12.7. The molecule has 0 radical (unpaired) electrons. The lowest BCUT2D eigenvalue weighted by Gasteiger charge is -2.10. The molecule has 1 aromatic heterocycles. The van der Waals surface area contributed by atoms with E-state index in [2.05, 4.69) is 10.6 Å². The van der Waals surface area contributed by atoms with E-state index in [9.17, 15) is 9.59 Å². The molecule has 2 N–H and O–H groups in total. The summed E-state index contributed by atoms with van der Waals surface area (Å²) in [6.07, 6.45) is 1.62. The van der Waals surface area contributed by atoms with Crippen molar-refractivity contribution < 1.29 is 9.59 Å². The summed E-state index contributed by atoms with van der Waals surface area (Å²) < 4.78 is 0. The molecular weight excluding hydrogens is 356 g/mol. The Morgan fingerprint density at radius 3 is 1.74 bits per heavy atom. The molecule has 0 aliphatic rings. The van der Waals surface area contributed by atoms with Gasteiger partial charge in [0.25, 0.3) is 11.8 Å². The molecule has 5 heteroatoms. The fraction of sp³-hybridized carbons (Fsp3) is 0.0909. The highest BCUT2D eigenvalue weighted by molar-refractivity contribution is 7.08. The topological polar surface area (TPSA) is 58.2 Å². The van der Waals surface area contributed by atoms with Gasteiger partial charge >= 0.3 is 0 Å². The van der Waals surface area contributed by atoms with Gasteiger partial charge in [-0.2, -0.15) is 11.3 Å². The summed E-state index contributed by atoms with van der Waals surface area (Å²) >= 11 is 1.52. The van der Waals surface area contributed by atoms with Crippen LogP contribution in [0.3, 0.4) is 0 Å². The largest absolute Gasteiger partial charge is 0.348 e. The predicted molar refractivity (Wildman–Crippen MR) is 109 cm³/mol. The van der Waals surface area contributed by atoms with Gasteiger partial charge in [-0.05, 0) is 39.6 Å². The third-order valence-corrected chi connectivity index (χ3v) is 4.64. The van der Waals surface area contributed by atoms with Crippen LogP contribution in [-0.4, -0.2) is 11.8 Å². The van der Waals surface area contributed by atoms with Crippen LogP contribution in [0.4, 0.5) is 0 Å². The van der Waals surface area contributed by atoms with Crippen LogP contribution in [0.5, 0.6) is 0 Å². The average molecular weight is 376 g/mol. The van der Waals surface area contributed by atoms with E-state index >= 15 is 0 Å². The molecule has 3 rings (SSSR count). The number of benzene rings is 2. The van der Waals surface area contributed by atoms with Crippen LogP contribution in [0.15, 0.2) is 83.1 Å². The molecule has 0 aliphatic carbocycles. The van der Waals surface area contributed by atoms with Gasteiger partial charge in [0.1, 0.15) is 5.57 Å². The second-order valence-electron chi connectivity index (χ2n) is 5.95. The maximum Gasteiger partial charge on any atom is 0.257 e. The Hall–Kier alpha value is -3.18. The number of amides is 2. The van der Waals surface area contributed by atoms with Crippen LogP contribution in [0.2, 0.25) is 0 Å². The number of carbonyl (C=O) groups is 2. The molecule has 0 aliphatic heterocycles. The highest BCUT2D eigenvalue weighted by Crippen LogP contribution is 2.12. The van der Waals surface area contributed by atoms with Gasteiger partial charge in [-0.25, -0.2) is 0 Å². The van der Waals surface area contributed by atoms with Crippen LogP contribution >= 0.6 is 11.3 Å². The Balaban J connectivity index is 1.70. The van der Waals surface area contributed by atoms with Gasteiger partial charge in [0.15, 0.2) is 0 Å². The molecule has 0 fully saturated rings. The molecule has 2 aromatic carbocycles. The zero-order chi connectivity index (χ0) is 18.9. The lowest BCUT2D eigenvalue weighted by Crippen LogP contribution is -2.34.